The maximum absolute atomic E-state index is 12.3. The topological polar surface area (TPSA) is 20.3 Å². The quantitative estimate of drug-likeness (QED) is 0.767. The van der Waals surface area contributed by atoms with E-state index in [1.165, 1.54) is 5.56 Å². The maximum atomic E-state index is 12.3. The van der Waals surface area contributed by atoms with Crippen molar-refractivity contribution < 1.29 is 4.21 Å². The minimum atomic E-state index is -0.960. The first-order valence-electron chi connectivity index (χ1n) is 7.90. The fourth-order valence-corrected chi connectivity index (χ4v) is 3.16. The molecule has 1 heterocycles. The van der Waals surface area contributed by atoms with Crippen LogP contribution in [0.4, 0.5) is 0 Å². The van der Waals surface area contributed by atoms with Gasteiger partial charge in [-0.1, -0.05) is 52.3 Å². The molecule has 1 unspecified atom stereocenters. The SMILES string of the molecule is CC.CC.Cc1ccc(S(=O)N2CCC(C)CC2)cc1. The molecule has 116 valence electrons. The van der Waals surface area contributed by atoms with Gasteiger partial charge in [0.2, 0.25) is 0 Å². The van der Waals surface area contributed by atoms with Crippen molar-refractivity contribution in [3.63, 3.8) is 0 Å². The van der Waals surface area contributed by atoms with Crippen LogP contribution in [-0.4, -0.2) is 21.6 Å². The Bertz CT molecular complexity index is 367. The lowest BCUT2D eigenvalue weighted by atomic mass is 10.0. The van der Waals surface area contributed by atoms with Gasteiger partial charge in [0.05, 0.1) is 4.90 Å². The van der Waals surface area contributed by atoms with E-state index in [1.54, 1.807) is 0 Å². The van der Waals surface area contributed by atoms with Crippen LogP contribution >= 0.6 is 0 Å². The van der Waals surface area contributed by atoms with Gasteiger partial charge in [-0.05, 0) is 37.8 Å². The molecule has 0 N–H and O–H groups in total. The fourth-order valence-electron chi connectivity index (χ4n) is 1.95. The van der Waals surface area contributed by atoms with Crippen LogP contribution in [0.5, 0.6) is 0 Å². The van der Waals surface area contributed by atoms with Crippen LogP contribution in [-0.2, 0) is 11.0 Å². The summed E-state index contributed by atoms with van der Waals surface area (Å²) in [6.45, 7) is 14.2. The van der Waals surface area contributed by atoms with Crippen molar-refractivity contribution in [2.45, 2.75) is 59.3 Å². The zero-order valence-electron chi connectivity index (χ0n) is 14.0. The number of aryl methyl sites for hydroxylation is 1. The van der Waals surface area contributed by atoms with Gasteiger partial charge in [-0.2, -0.15) is 0 Å². The van der Waals surface area contributed by atoms with Crippen molar-refractivity contribution in [3.05, 3.63) is 29.8 Å². The van der Waals surface area contributed by atoms with Crippen molar-refractivity contribution in [3.8, 4) is 0 Å². The monoisotopic (exact) mass is 297 g/mol. The summed E-state index contributed by atoms with van der Waals surface area (Å²) in [6, 6.07) is 8.01. The van der Waals surface area contributed by atoms with Crippen LogP contribution in [0.15, 0.2) is 29.2 Å². The van der Waals surface area contributed by atoms with Crippen molar-refractivity contribution in [1.82, 2.24) is 4.31 Å². The highest BCUT2D eigenvalue weighted by atomic mass is 32.2. The van der Waals surface area contributed by atoms with E-state index >= 15 is 0 Å². The molecule has 1 atom stereocenters. The van der Waals surface area contributed by atoms with Gasteiger partial charge in [0.25, 0.3) is 0 Å². The van der Waals surface area contributed by atoms with Gasteiger partial charge >= 0.3 is 0 Å². The zero-order valence-corrected chi connectivity index (χ0v) is 14.8. The highest BCUT2D eigenvalue weighted by Crippen LogP contribution is 2.20. The number of rotatable bonds is 2. The predicted octanol–water partition coefficient (Wildman–Crippen LogP) is 4.80. The average Bonchev–Trinajstić information content (AvgIpc) is 2.52. The lowest BCUT2D eigenvalue weighted by Gasteiger charge is -2.28. The van der Waals surface area contributed by atoms with Gasteiger partial charge in [-0.3, -0.25) is 0 Å². The van der Waals surface area contributed by atoms with Gasteiger partial charge in [0.15, 0.2) is 0 Å². The summed E-state index contributed by atoms with van der Waals surface area (Å²) in [5.41, 5.74) is 1.22. The van der Waals surface area contributed by atoms with Crippen molar-refractivity contribution in [1.29, 1.82) is 0 Å². The molecule has 0 spiro atoms. The van der Waals surface area contributed by atoms with Crippen LogP contribution in [0, 0.1) is 12.8 Å². The van der Waals surface area contributed by atoms with Gasteiger partial charge in [-0.25, -0.2) is 8.51 Å². The Morgan fingerprint density at radius 3 is 1.90 bits per heavy atom. The number of hydrogen-bond acceptors (Lipinski definition) is 1. The standard InChI is InChI=1S/C13H19NOS.2C2H6/c1-11-3-5-13(6-4-11)16(15)14-9-7-12(2)8-10-14;2*1-2/h3-6,12H,7-10H2,1-2H3;2*1-2H3. The van der Waals surface area contributed by atoms with E-state index in [4.69, 9.17) is 0 Å². The molecule has 3 heteroatoms. The Labute approximate surface area is 128 Å². The minimum absolute atomic E-state index is 0.784. The molecule has 1 aromatic carbocycles. The Morgan fingerprint density at radius 1 is 1.00 bits per heavy atom. The van der Waals surface area contributed by atoms with Gasteiger partial charge < -0.3 is 0 Å². The Kier molecular flexibility index (Phi) is 10.7. The predicted molar refractivity (Wildman–Crippen MR) is 90.3 cm³/mol. The molecule has 0 aromatic heterocycles. The molecule has 0 saturated carbocycles. The molecule has 20 heavy (non-hydrogen) atoms. The molecule has 1 fully saturated rings. The third kappa shape index (κ3) is 6.19. The number of hydrogen-bond donors (Lipinski definition) is 0. The van der Waals surface area contributed by atoms with Crippen LogP contribution in [0.25, 0.3) is 0 Å². The summed E-state index contributed by atoms with van der Waals surface area (Å²) in [5, 5.41) is 0. The first-order chi connectivity index (χ1) is 9.66. The summed E-state index contributed by atoms with van der Waals surface area (Å²) in [7, 11) is -0.960. The first kappa shape index (κ1) is 19.3. The Hall–Kier alpha value is -0.670. The number of piperidine rings is 1. The van der Waals surface area contributed by atoms with Gasteiger partial charge in [0.1, 0.15) is 11.0 Å². The largest absolute Gasteiger partial charge is 0.237 e. The average molecular weight is 298 g/mol. The normalized spacial score (nSPS) is 17.3. The Morgan fingerprint density at radius 2 is 1.45 bits per heavy atom. The molecule has 0 bridgehead atoms. The van der Waals surface area contributed by atoms with Crippen LogP contribution < -0.4 is 0 Å². The maximum Gasteiger partial charge on any atom is 0.127 e. The van der Waals surface area contributed by atoms with Crippen molar-refractivity contribution >= 4 is 11.0 Å². The first-order valence-corrected chi connectivity index (χ1v) is 9.01. The molecule has 0 radical (unpaired) electrons. The minimum Gasteiger partial charge on any atom is -0.237 e. The van der Waals surface area contributed by atoms with E-state index in [0.29, 0.717) is 0 Å². The lowest BCUT2D eigenvalue weighted by molar-refractivity contribution is 0.299. The zero-order chi connectivity index (χ0) is 15.5. The lowest BCUT2D eigenvalue weighted by Crippen LogP contribution is -2.34. The molecule has 2 nitrogen and oxygen atoms in total. The highest BCUT2D eigenvalue weighted by molar-refractivity contribution is 7.82. The molecule has 1 aliphatic rings. The summed E-state index contributed by atoms with van der Waals surface area (Å²) < 4.78 is 14.3. The van der Waals surface area contributed by atoms with Crippen LogP contribution in [0.3, 0.4) is 0 Å². The van der Waals surface area contributed by atoms with Gasteiger partial charge in [-0.15, -0.1) is 0 Å². The van der Waals surface area contributed by atoms with E-state index in [-0.39, 0.29) is 0 Å². The highest BCUT2D eigenvalue weighted by Gasteiger charge is 2.21. The van der Waals surface area contributed by atoms with E-state index < -0.39 is 11.0 Å². The third-order valence-corrected chi connectivity index (χ3v) is 4.71. The molecule has 1 aromatic rings. The number of nitrogens with zero attached hydrogens (tertiary/aromatic N) is 1. The molecule has 0 amide bonds. The van der Waals surface area contributed by atoms with E-state index in [9.17, 15) is 4.21 Å². The summed E-state index contributed by atoms with van der Waals surface area (Å²) in [4.78, 5) is 0.931. The van der Waals surface area contributed by atoms with E-state index in [1.807, 2.05) is 52.0 Å². The molecule has 0 aliphatic carbocycles. The molecular weight excluding hydrogens is 266 g/mol. The second-order valence-corrected chi connectivity index (χ2v) is 6.16. The second kappa shape index (κ2) is 11.0. The second-order valence-electron chi connectivity index (χ2n) is 4.67. The van der Waals surface area contributed by atoms with E-state index in [0.717, 1.165) is 36.7 Å². The Balaban J connectivity index is 0.000000829. The van der Waals surface area contributed by atoms with Crippen LogP contribution in [0.1, 0.15) is 53.0 Å². The molecular formula is C17H31NOS. The molecule has 1 aliphatic heterocycles. The molecule has 1 saturated heterocycles. The summed E-state index contributed by atoms with van der Waals surface area (Å²) in [5.74, 6) is 0.784. The summed E-state index contributed by atoms with van der Waals surface area (Å²) in [6.07, 6.45) is 2.33. The molecule has 2 rings (SSSR count). The fraction of sp³-hybridized carbons (Fsp3) is 0.647. The van der Waals surface area contributed by atoms with Crippen molar-refractivity contribution in [2.75, 3.05) is 13.1 Å². The number of benzene rings is 1. The van der Waals surface area contributed by atoms with Crippen LogP contribution in [0.2, 0.25) is 0 Å². The third-order valence-electron chi connectivity index (χ3n) is 3.20. The smallest absolute Gasteiger partial charge is 0.127 e. The summed E-state index contributed by atoms with van der Waals surface area (Å²) >= 11 is 0. The van der Waals surface area contributed by atoms with Crippen molar-refractivity contribution in [2.24, 2.45) is 5.92 Å². The van der Waals surface area contributed by atoms with E-state index in [2.05, 4.69) is 18.2 Å². The van der Waals surface area contributed by atoms with Gasteiger partial charge in [0, 0.05) is 13.1 Å².